The average molecular weight is 397 g/mol. The lowest BCUT2D eigenvalue weighted by Crippen LogP contribution is -2.09. The number of methoxy groups -OCH3 is 2. The van der Waals surface area contributed by atoms with Crippen molar-refractivity contribution < 1.29 is 24.5 Å². The summed E-state index contributed by atoms with van der Waals surface area (Å²) in [4.78, 5) is 16.7. The SMILES string of the molecule is CCCCc1cc(/C(=C\c2cc(OC)c(O)c(OC)c2)C(=O)O)n2nccc2n1. The van der Waals surface area contributed by atoms with E-state index in [1.807, 2.05) is 0 Å². The Bertz CT molecular complexity index is 1050. The standard InChI is InChI=1S/C21H23N3O5/c1-4-5-6-14-12-16(24-19(23-14)7-8-22-24)15(21(26)27)9-13-10-17(28-2)20(25)18(11-13)29-3/h7-12,25H,4-6H2,1-3H3,(H,26,27)/b15-9+. The number of aromatic nitrogens is 3. The first-order chi connectivity index (χ1) is 14.0. The van der Waals surface area contributed by atoms with Gasteiger partial charge in [0.05, 0.1) is 31.7 Å². The van der Waals surface area contributed by atoms with Gasteiger partial charge < -0.3 is 19.7 Å². The second kappa shape index (κ2) is 8.64. The molecule has 0 amide bonds. The van der Waals surface area contributed by atoms with Crippen molar-refractivity contribution in [3.8, 4) is 17.2 Å². The summed E-state index contributed by atoms with van der Waals surface area (Å²) in [5.74, 6) is -0.893. The van der Waals surface area contributed by atoms with Crippen molar-refractivity contribution in [1.82, 2.24) is 14.6 Å². The van der Waals surface area contributed by atoms with E-state index in [0.717, 1.165) is 25.0 Å². The summed E-state index contributed by atoms with van der Waals surface area (Å²) in [6, 6.07) is 6.58. The van der Waals surface area contributed by atoms with Crippen LogP contribution in [0.3, 0.4) is 0 Å². The first-order valence-corrected chi connectivity index (χ1v) is 9.22. The molecule has 0 fully saturated rings. The van der Waals surface area contributed by atoms with Gasteiger partial charge in [0.15, 0.2) is 17.1 Å². The summed E-state index contributed by atoms with van der Waals surface area (Å²) in [6.07, 6.45) is 5.79. The van der Waals surface area contributed by atoms with Gasteiger partial charge in [0.25, 0.3) is 0 Å². The van der Waals surface area contributed by atoms with Gasteiger partial charge in [0.1, 0.15) is 0 Å². The highest BCUT2D eigenvalue weighted by Gasteiger charge is 2.18. The molecule has 0 saturated heterocycles. The molecular weight excluding hydrogens is 374 g/mol. The Morgan fingerprint density at radius 1 is 1.21 bits per heavy atom. The summed E-state index contributed by atoms with van der Waals surface area (Å²) in [6.45, 7) is 2.09. The molecule has 3 rings (SSSR count). The van der Waals surface area contributed by atoms with Crippen molar-refractivity contribution in [3.05, 3.63) is 47.4 Å². The van der Waals surface area contributed by atoms with Gasteiger partial charge in [0.2, 0.25) is 5.75 Å². The number of carbonyl (C=O) groups is 1. The Kier molecular flexibility index (Phi) is 6.01. The van der Waals surface area contributed by atoms with Crippen LogP contribution < -0.4 is 9.47 Å². The van der Waals surface area contributed by atoms with E-state index >= 15 is 0 Å². The summed E-state index contributed by atoms with van der Waals surface area (Å²) < 4.78 is 11.8. The lowest BCUT2D eigenvalue weighted by Gasteiger charge is -2.11. The molecule has 3 aromatic rings. The number of aromatic hydroxyl groups is 1. The number of benzene rings is 1. The minimum absolute atomic E-state index is 0.0358. The van der Waals surface area contributed by atoms with Crippen LogP contribution in [0.1, 0.15) is 36.7 Å². The zero-order valence-corrected chi connectivity index (χ0v) is 16.5. The van der Waals surface area contributed by atoms with E-state index in [-0.39, 0.29) is 22.8 Å². The topological polar surface area (TPSA) is 106 Å². The third kappa shape index (κ3) is 4.16. The molecule has 8 nitrogen and oxygen atoms in total. The van der Waals surface area contributed by atoms with E-state index in [2.05, 4.69) is 17.0 Å². The zero-order valence-electron chi connectivity index (χ0n) is 16.5. The number of aryl methyl sites for hydroxylation is 1. The van der Waals surface area contributed by atoms with Crippen LogP contribution >= 0.6 is 0 Å². The van der Waals surface area contributed by atoms with Gasteiger partial charge in [-0.05, 0) is 42.7 Å². The first kappa shape index (κ1) is 20.2. The average Bonchev–Trinajstić information content (AvgIpc) is 3.19. The molecule has 152 valence electrons. The number of phenols is 1. The molecule has 0 spiro atoms. The van der Waals surface area contributed by atoms with E-state index in [0.29, 0.717) is 16.9 Å². The molecule has 0 aliphatic carbocycles. The van der Waals surface area contributed by atoms with E-state index in [1.165, 1.54) is 24.8 Å². The van der Waals surface area contributed by atoms with Crippen LogP contribution in [-0.2, 0) is 11.2 Å². The van der Waals surface area contributed by atoms with Crippen LogP contribution in [0.25, 0.3) is 17.3 Å². The summed E-state index contributed by atoms with van der Waals surface area (Å²) in [5, 5.41) is 24.2. The number of hydrogen-bond donors (Lipinski definition) is 2. The number of unbranched alkanes of at least 4 members (excludes halogenated alkanes) is 1. The third-order valence-electron chi connectivity index (χ3n) is 4.52. The fourth-order valence-electron chi connectivity index (χ4n) is 3.05. The maximum absolute atomic E-state index is 12.1. The smallest absolute Gasteiger partial charge is 0.337 e. The number of carboxylic acid groups (broad SMARTS) is 1. The van der Waals surface area contributed by atoms with Crippen LogP contribution in [0.5, 0.6) is 17.2 Å². The van der Waals surface area contributed by atoms with Gasteiger partial charge in [-0.3, -0.25) is 0 Å². The normalized spacial score (nSPS) is 11.6. The van der Waals surface area contributed by atoms with Gasteiger partial charge in [-0.15, -0.1) is 0 Å². The number of rotatable bonds is 8. The first-order valence-electron chi connectivity index (χ1n) is 9.22. The molecule has 0 aliphatic heterocycles. The van der Waals surface area contributed by atoms with Crippen LogP contribution in [0.2, 0.25) is 0 Å². The highest BCUT2D eigenvalue weighted by atomic mass is 16.5. The van der Waals surface area contributed by atoms with Crippen molar-refractivity contribution in [3.63, 3.8) is 0 Å². The maximum Gasteiger partial charge on any atom is 0.337 e. The number of ether oxygens (including phenoxy) is 2. The molecule has 2 aromatic heterocycles. The number of hydrogen-bond acceptors (Lipinski definition) is 6. The number of carboxylic acids is 1. The predicted octanol–water partition coefficient (Wildman–Crippen LogP) is 3.42. The molecule has 0 radical (unpaired) electrons. The molecule has 0 unspecified atom stereocenters. The van der Waals surface area contributed by atoms with Crippen molar-refractivity contribution in [2.45, 2.75) is 26.2 Å². The Balaban J connectivity index is 2.19. The maximum atomic E-state index is 12.1. The molecule has 8 heteroatoms. The second-order valence-corrected chi connectivity index (χ2v) is 6.47. The lowest BCUT2D eigenvalue weighted by molar-refractivity contribution is -0.130. The number of nitrogens with zero attached hydrogens (tertiary/aromatic N) is 3. The van der Waals surface area contributed by atoms with Crippen LogP contribution in [0, 0.1) is 0 Å². The van der Waals surface area contributed by atoms with Gasteiger partial charge in [-0.1, -0.05) is 13.3 Å². The van der Waals surface area contributed by atoms with Crippen molar-refractivity contribution in [1.29, 1.82) is 0 Å². The number of fused-ring (bicyclic) bond motifs is 1. The quantitative estimate of drug-likeness (QED) is 0.561. The molecule has 0 aliphatic rings. The van der Waals surface area contributed by atoms with Crippen molar-refractivity contribution >= 4 is 23.3 Å². The molecule has 2 heterocycles. The molecule has 29 heavy (non-hydrogen) atoms. The highest BCUT2D eigenvalue weighted by Crippen LogP contribution is 2.38. The molecule has 0 bridgehead atoms. The van der Waals surface area contributed by atoms with E-state index in [4.69, 9.17) is 9.47 Å². The highest BCUT2D eigenvalue weighted by molar-refractivity contribution is 6.20. The zero-order chi connectivity index (χ0) is 21.0. The Hall–Kier alpha value is -3.55. The fraction of sp³-hybridized carbons (Fsp3) is 0.286. The molecule has 0 atom stereocenters. The van der Waals surface area contributed by atoms with E-state index in [9.17, 15) is 15.0 Å². The minimum atomic E-state index is -1.11. The van der Waals surface area contributed by atoms with Crippen LogP contribution in [0.4, 0.5) is 0 Å². The molecule has 2 N–H and O–H groups in total. The minimum Gasteiger partial charge on any atom is -0.502 e. The van der Waals surface area contributed by atoms with Crippen LogP contribution in [0.15, 0.2) is 30.5 Å². The fourth-order valence-corrected chi connectivity index (χ4v) is 3.05. The Labute approximate surface area is 168 Å². The molecule has 1 aromatic carbocycles. The predicted molar refractivity (Wildman–Crippen MR) is 108 cm³/mol. The summed E-state index contributed by atoms with van der Waals surface area (Å²) >= 11 is 0. The Morgan fingerprint density at radius 2 is 1.90 bits per heavy atom. The van der Waals surface area contributed by atoms with E-state index in [1.54, 1.807) is 30.5 Å². The molecular formula is C21H23N3O5. The van der Waals surface area contributed by atoms with Gasteiger partial charge in [0, 0.05) is 11.8 Å². The third-order valence-corrected chi connectivity index (χ3v) is 4.52. The second-order valence-electron chi connectivity index (χ2n) is 6.47. The number of aliphatic carboxylic acids is 1. The molecule has 0 saturated carbocycles. The summed E-state index contributed by atoms with van der Waals surface area (Å²) in [7, 11) is 2.83. The van der Waals surface area contributed by atoms with E-state index < -0.39 is 5.97 Å². The van der Waals surface area contributed by atoms with Crippen molar-refractivity contribution in [2.24, 2.45) is 0 Å². The monoisotopic (exact) mass is 397 g/mol. The largest absolute Gasteiger partial charge is 0.502 e. The van der Waals surface area contributed by atoms with Crippen molar-refractivity contribution in [2.75, 3.05) is 14.2 Å². The van der Waals surface area contributed by atoms with Gasteiger partial charge in [-0.2, -0.15) is 5.10 Å². The Morgan fingerprint density at radius 3 is 2.48 bits per heavy atom. The van der Waals surface area contributed by atoms with Crippen LogP contribution in [-0.4, -0.2) is 45.0 Å². The number of phenolic OH excluding ortho intramolecular Hbond substituents is 1. The summed E-state index contributed by atoms with van der Waals surface area (Å²) in [5.41, 5.74) is 2.35. The van der Waals surface area contributed by atoms with Gasteiger partial charge in [-0.25, -0.2) is 14.3 Å². The van der Waals surface area contributed by atoms with Gasteiger partial charge >= 0.3 is 5.97 Å². The lowest BCUT2D eigenvalue weighted by atomic mass is 10.0.